The van der Waals surface area contributed by atoms with Gasteiger partial charge in [-0.1, -0.05) is 0 Å². The van der Waals surface area contributed by atoms with Crippen molar-refractivity contribution in [3.8, 4) is 0 Å². The minimum atomic E-state index is 0.685. The summed E-state index contributed by atoms with van der Waals surface area (Å²) in [5.41, 5.74) is 2.50. The van der Waals surface area contributed by atoms with E-state index in [0.29, 0.717) is 10.2 Å². The van der Waals surface area contributed by atoms with Crippen LogP contribution in [0.4, 0.5) is 0 Å². The molecule has 0 aliphatic rings. The molecule has 0 fully saturated rings. The molecule has 0 bridgehead atoms. The van der Waals surface area contributed by atoms with Gasteiger partial charge < -0.3 is 21.3 Å². The van der Waals surface area contributed by atoms with Gasteiger partial charge in [0.2, 0.25) is 0 Å². The van der Waals surface area contributed by atoms with Gasteiger partial charge >= 0.3 is 0 Å². The van der Waals surface area contributed by atoms with E-state index in [-0.39, 0.29) is 0 Å². The molecule has 134 valence electrons. The number of nitrogens with one attached hydrogen (secondary N) is 4. The molecule has 1 heterocycles. The van der Waals surface area contributed by atoms with Crippen LogP contribution in [0, 0.1) is 0 Å². The van der Waals surface area contributed by atoms with E-state index in [1.807, 2.05) is 50.0 Å². The first-order valence-electron chi connectivity index (χ1n) is 7.52. The molecule has 0 radical (unpaired) electrons. The Hall–Kier alpha value is -0.840. The van der Waals surface area contributed by atoms with Gasteiger partial charge in [0, 0.05) is 50.2 Å². The summed E-state index contributed by atoms with van der Waals surface area (Å²) in [4.78, 5) is 0. The first kappa shape index (κ1) is 21.2. The highest BCUT2D eigenvalue weighted by Crippen LogP contribution is 2.19. The van der Waals surface area contributed by atoms with Gasteiger partial charge in [-0.2, -0.15) is 33.7 Å². The fraction of sp³-hybridized carbons (Fsp3) is 0.571. The van der Waals surface area contributed by atoms with E-state index in [9.17, 15) is 0 Å². The van der Waals surface area contributed by atoms with Gasteiger partial charge in [-0.3, -0.25) is 0 Å². The van der Waals surface area contributed by atoms with Crippen LogP contribution in [0.15, 0.2) is 12.4 Å². The lowest BCUT2D eigenvalue weighted by Crippen LogP contribution is -2.33. The zero-order chi connectivity index (χ0) is 17.6. The molecule has 0 aliphatic heterocycles. The molecule has 0 saturated heterocycles. The topological polar surface area (TPSA) is 73.9 Å². The zero-order valence-corrected chi connectivity index (χ0v) is 17.2. The fourth-order valence-electron chi connectivity index (χ4n) is 1.65. The predicted octanol–water partition coefficient (Wildman–Crippen LogP) is 1.13. The van der Waals surface area contributed by atoms with Crippen LogP contribution < -0.4 is 21.3 Å². The molecule has 0 atom stereocenters. The zero-order valence-electron chi connectivity index (χ0n) is 13.9. The second kappa shape index (κ2) is 13.5. The maximum atomic E-state index is 5.04. The SMILES string of the molecule is CNC(=S)NCCSCc1cnncc1CSCCNC(=S)NC. The van der Waals surface area contributed by atoms with Gasteiger partial charge in [-0.15, -0.1) is 0 Å². The summed E-state index contributed by atoms with van der Waals surface area (Å²) in [7, 11) is 3.63. The molecule has 6 nitrogen and oxygen atoms in total. The van der Waals surface area contributed by atoms with Crippen molar-refractivity contribution >= 4 is 58.2 Å². The van der Waals surface area contributed by atoms with Crippen LogP contribution in [-0.2, 0) is 11.5 Å². The quantitative estimate of drug-likeness (QED) is 0.337. The minimum absolute atomic E-state index is 0.685. The molecule has 1 aromatic heterocycles. The van der Waals surface area contributed by atoms with Crippen LogP contribution in [0.1, 0.15) is 11.1 Å². The van der Waals surface area contributed by atoms with E-state index < -0.39 is 0 Å². The molecule has 0 aliphatic carbocycles. The lowest BCUT2D eigenvalue weighted by Gasteiger charge is -2.10. The number of rotatable bonds is 10. The van der Waals surface area contributed by atoms with Crippen molar-refractivity contribution in [3.63, 3.8) is 0 Å². The third-order valence-electron chi connectivity index (χ3n) is 2.94. The van der Waals surface area contributed by atoms with E-state index in [2.05, 4.69) is 31.5 Å². The normalized spacial score (nSPS) is 10.1. The maximum absolute atomic E-state index is 5.04. The van der Waals surface area contributed by atoms with Crippen LogP contribution in [0.5, 0.6) is 0 Å². The summed E-state index contributed by atoms with van der Waals surface area (Å²) in [6.45, 7) is 1.70. The Balaban J connectivity index is 2.26. The molecular weight excluding hydrogens is 380 g/mol. The summed E-state index contributed by atoms with van der Waals surface area (Å²) in [5.74, 6) is 3.84. The van der Waals surface area contributed by atoms with Crippen molar-refractivity contribution in [2.45, 2.75) is 11.5 Å². The highest BCUT2D eigenvalue weighted by molar-refractivity contribution is 7.98. The Labute approximate surface area is 163 Å². The molecule has 4 N–H and O–H groups in total. The molecule has 1 aromatic rings. The first-order valence-corrected chi connectivity index (χ1v) is 10.6. The molecule has 0 unspecified atom stereocenters. The van der Waals surface area contributed by atoms with Gasteiger partial charge in [0.15, 0.2) is 10.2 Å². The van der Waals surface area contributed by atoms with Crippen LogP contribution in [0.2, 0.25) is 0 Å². The van der Waals surface area contributed by atoms with Crippen molar-refractivity contribution in [2.75, 3.05) is 38.7 Å². The van der Waals surface area contributed by atoms with Crippen molar-refractivity contribution in [2.24, 2.45) is 0 Å². The molecule has 0 spiro atoms. The monoisotopic (exact) mass is 404 g/mol. The highest BCUT2D eigenvalue weighted by Gasteiger charge is 2.04. The first-order chi connectivity index (χ1) is 11.7. The molecule has 0 amide bonds. The van der Waals surface area contributed by atoms with Crippen LogP contribution in [0.25, 0.3) is 0 Å². The minimum Gasteiger partial charge on any atom is -0.366 e. The van der Waals surface area contributed by atoms with Gasteiger partial charge in [0.25, 0.3) is 0 Å². The maximum Gasteiger partial charge on any atom is 0.166 e. The highest BCUT2D eigenvalue weighted by atomic mass is 32.2. The van der Waals surface area contributed by atoms with E-state index in [1.54, 1.807) is 0 Å². The summed E-state index contributed by atoms with van der Waals surface area (Å²) >= 11 is 13.8. The average molecular weight is 405 g/mol. The van der Waals surface area contributed by atoms with Crippen molar-refractivity contribution < 1.29 is 0 Å². The van der Waals surface area contributed by atoms with E-state index in [1.165, 1.54) is 11.1 Å². The van der Waals surface area contributed by atoms with E-state index in [4.69, 9.17) is 24.4 Å². The van der Waals surface area contributed by atoms with Gasteiger partial charge in [0.1, 0.15) is 0 Å². The van der Waals surface area contributed by atoms with Crippen molar-refractivity contribution in [1.82, 2.24) is 31.5 Å². The van der Waals surface area contributed by atoms with Gasteiger partial charge in [-0.05, 0) is 35.6 Å². The summed E-state index contributed by atoms with van der Waals surface area (Å²) in [6, 6.07) is 0. The third kappa shape index (κ3) is 9.45. The molecular formula is C14H24N6S4. The van der Waals surface area contributed by atoms with Crippen LogP contribution in [-0.4, -0.2) is 59.1 Å². The molecule has 0 aromatic carbocycles. The Bertz CT molecular complexity index is 469. The Morgan fingerprint density at radius 3 is 1.67 bits per heavy atom. The van der Waals surface area contributed by atoms with Crippen LogP contribution in [0.3, 0.4) is 0 Å². The number of hydrogen-bond acceptors (Lipinski definition) is 6. The van der Waals surface area contributed by atoms with Crippen LogP contribution >= 0.6 is 48.0 Å². The second-order valence-corrected chi connectivity index (χ2v) is 7.68. The van der Waals surface area contributed by atoms with Gasteiger partial charge in [0.05, 0.1) is 12.4 Å². The molecule has 24 heavy (non-hydrogen) atoms. The fourth-order valence-corrected chi connectivity index (χ4v) is 3.59. The Morgan fingerprint density at radius 2 is 1.29 bits per heavy atom. The van der Waals surface area contributed by atoms with Crippen molar-refractivity contribution in [3.05, 3.63) is 23.5 Å². The standard InChI is InChI=1S/C14H24N6S4/c1-15-13(21)17-3-5-23-9-11-7-19-20-8-12(11)10-24-6-4-18-14(22)16-2/h7-8H,3-6,9-10H2,1-2H3,(H2,15,17,21)(H2,16,18,22). The molecule has 0 saturated carbocycles. The Morgan fingerprint density at radius 1 is 0.875 bits per heavy atom. The second-order valence-electron chi connectivity index (χ2n) is 4.66. The van der Waals surface area contributed by atoms with Gasteiger partial charge in [-0.25, -0.2) is 0 Å². The Kier molecular flexibility index (Phi) is 11.9. The lowest BCUT2D eigenvalue weighted by atomic mass is 10.2. The summed E-state index contributed by atoms with van der Waals surface area (Å²) in [5, 5.41) is 21.5. The third-order valence-corrected chi connectivity index (χ3v) is 5.65. The molecule has 1 rings (SSSR count). The number of thiocarbonyl (C=S) groups is 2. The number of aromatic nitrogens is 2. The smallest absolute Gasteiger partial charge is 0.166 e. The molecule has 10 heteroatoms. The number of nitrogens with zero attached hydrogens (tertiary/aromatic N) is 2. The summed E-state index contributed by atoms with van der Waals surface area (Å²) in [6.07, 6.45) is 3.73. The number of hydrogen-bond donors (Lipinski definition) is 4. The van der Waals surface area contributed by atoms with E-state index in [0.717, 1.165) is 36.1 Å². The predicted molar refractivity (Wildman–Crippen MR) is 114 cm³/mol. The van der Waals surface area contributed by atoms with Crippen molar-refractivity contribution in [1.29, 1.82) is 0 Å². The summed E-state index contributed by atoms with van der Waals surface area (Å²) < 4.78 is 0. The largest absolute Gasteiger partial charge is 0.366 e. The number of thioether (sulfide) groups is 2. The lowest BCUT2D eigenvalue weighted by molar-refractivity contribution is 0.940. The van der Waals surface area contributed by atoms with E-state index >= 15 is 0 Å². The average Bonchev–Trinajstić information content (AvgIpc) is 2.61.